The molecule has 1 heterocycles. The third kappa shape index (κ3) is 23.5. The fraction of sp³-hybridized carbons (Fsp3) is 0.973. The van der Waals surface area contributed by atoms with E-state index in [1.807, 2.05) is 4.90 Å². The van der Waals surface area contributed by atoms with Crippen LogP contribution in [0.4, 0.5) is 0 Å². The molecule has 0 bridgehead atoms. The standard InChI is InChI=1S/C37H75N3O/c1-4-7-10-13-16-19-22-28-38(29-23-20-17-14-11-8-5-2)34-35-39(30-24-21-18-15-12-9-6-3)31-25-37-26-32-40(36-41)33-27-37/h36-37H,4-35H2,1-3H3. The van der Waals surface area contributed by atoms with Gasteiger partial charge in [0.1, 0.15) is 0 Å². The van der Waals surface area contributed by atoms with Gasteiger partial charge in [-0.05, 0) is 70.6 Å². The first kappa shape index (κ1) is 38.4. The van der Waals surface area contributed by atoms with Gasteiger partial charge in [0.05, 0.1) is 0 Å². The molecular weight excluding hydrogens is 502 g/mol. The lowest BCUT2D eigenvalue weighted by Crippen LogP contribution is -2.38. The van der Waals surface area contributed by atoms with E-state index >= 15 is 0 Å². The Morgan fingerprint density at radius 3 is 1.20 bits per heavy atom. The zero-order valence-electron chi connectivity index (χ0n) is 28.5. The lowest BCUT2D eigenvalue weighted by molar-refractivity contribution is -0.119. The fourth-order valence-corrected chi connectivity index (χ4v) is 6.54. The van der Waals surface area contributed by atoms with Crippen molar-refractivity contribution in [2.24, 2.45) is 5.92 Å². The minimum absolute atomic E-state index is 0.805. The van der Waals surface area contributed by atoms with Crippen molar-refractivity contribution < 1.29 is 4.79 Å². The van der Waals surface area contributed by atoms with Crippen LogP contribution in [-0.2, 0) is 4.79 Å². The molecule has 0 aromatic carbocycles. The molecule has 1 saturated heterocycles. The van der Waals surface area contributed by atoms with E-state index in [1.54, 1.807) is 0 Å². The minimum Gasteiger partial charge on any atom is -0.345 e. The number of hydrogen-bond donors (Lipinski definition) is 0. The summed E-state index contributed by atoms with van der Waals surface area (Å²) < 4.78 is 0. The fourth-order valence-electron chi connectivity index (χ4n) is 6.54. The van der Waals surface area contributed by atoms with Crippen LogP contribution >= 0.6 is 0 Å². The third-order valence-corrected chi connectivity index (χ3v) is 9.62. The van der Waals surface area contributed by atoms with E-state index in [-0.39, 0.29) is 0 Å². The van der Waals surface area contributed by atoms with Crippen molar-refractivity contribution in [1.29, 1.82) is 0 Å². The van der Waals surface area contributed by atoms with Gasteiger partial charge < -0.3 is 14.7 Å². The smallest absolute Gasteiger partial charge is 0.209 e. The monoisotopic (exact) mass is 578 g/mol. The summed E-state index contributed by atoms with van der Waals surface area (Å²) in [7, 11) is 0. The van der Waals surface area contributed by atoms with Gasteiger partial charge in [-0.15, -0.1) is 0 Å². The van der Waals surface area contributed by atoms with Gasteiger partial charge in [-0.25, -0.2) is 0 Å². The molecule has 1 aliphatic rings. The number of nitrogens with zero attached hydrogens (tertiary/aromatic N) is 3. The summed E-state index contributed by atoms with van der Waals surface area (Å²) >= 11 is 0. The first-order valence-corrected chi connectivity index (χ1v) is 18.9. The molecule has 4 nitrogen and oxygen atoms in total. The van der Waals surface area contributed by atoms with Crippen LogP contribution in [0.25, 0.3) is 0 Å². The van der Waals surface area contributed by atoms with E-state index in [0.29, 0.717) is 0 Å². The summed E-state index contributed by atoms with van der Waals surface area (Å²) in [5, 5.41) is 0. The second kappa shape index (κ2) is 29.5. The number of carbonyl (C=O) groups excluding carboxylic acids is 1. The lowest BCUT2D eigenvalue weighted by atomic mass is 9.93. The molecule has 4 heteroatoms. The van der Waals surface area contributed by atoms with Crippen LogP contribution in [0.3, 0.4) is 0 Å². The highest BCUT2D eigenvalue weighted by Gasteiger charge is 2.19. The molecule has 0 unspecified atom stereocenters. The molecule has 244 valence electrons. The Kier molecular flexibility index (Phi) is 27.6. The Balaban J connectivity index is 2.51. The van der Waals surface area contributed by atoms with E-state index < -0.39 is 0 Å². The zero-order chi connectivity index (χ0) is 29.6. The molecule has 1 fully saturated rings. The topological polar surface area (TPSA) is 26.8 Å². The maximum atomic E-state index is 11.1. The molecule has 0 saturated carbocycles. The molecule has 1 amide bonds. The summed E-state index contributed by atoms with van der Waals surface area (Å²) in [6, 6.07) is 0. The summed E-state index contributed by atoms with van der Waals surface area (Å²) in [6.07, 6.45) is 34.3. The van der Waals surface area contributed by atoms with E-state index in [1.165, 1.54) is 193 Å². The molecule has 0 N–H and O–H groups in total. The van der Waals surface area contributed by atoms with Crippen LogP contribution in [0.1, 0.15) is 175 Å². The normalized spacial score (nSPS) is 14.5. The molecule has 1 rings (SSSR count). The van der Waals surface area contributed by atoms with E-state index in [4.69, 9.17) is 0 Å². The van der Waals surface area contributed by atoms with Gasteiger partial charge in [0.2, 0.25) is 6.41 Å². The van der Waals surface area contributed by atoms with Crippen molar-refractivity contribution >= 4 is 6.41 Å². The van der Waals surface area contributed by atoms with E-state index in [9.17, 15) is 4.79 Å². The number of piperidine rings is 1. The average Bonchev–Trinajstić information content (AvgIpc) is 3.00. The highest BCUT2D eigenvalue weighted by atomic mass is 16.1. The Labute approximate surface area is 258 Å². The number of rotatable bonds is 31. The molecule has 1 aliphatic heterocycles. The van der Waals surface area contributed by atoms with Crippen LogP contribution in [0.2, 0.25) is 0 Å². The zero-order valence-corrected chi connectivity index (χ0v) is 28.5. The van der Waals surface area contributed by atoms with Gasteiger partial charge in [0.15, 0.2) is 0 Å². The van der Waals surface area contributed by atoms with Gasteiger partial charge in [0, 0.05) is 26.2 Å². The van der Waals surface area contributed by atoms with Gasteiger partial charge in [-0.2, -0.15) is 0 Å². The van der Waals surface area contributed by atoms with Crippen molar-refractivity contribution in [1.82, 2.24) is 14.7 Å². The van der Waals surface area contributed by atoms with Crippen LogP contribution in [0.15, 0.2) is 0 Å². The lowest BCUT2D eigenvalue weighted by Gasteiger charge is -2.32. The maximum absolute atomic E-state index is 11.1. The molecule has 0 aliphatic carbocycles. The highest BCUT2D eigenvalue weighted by Crippen LogP contribution is 2.20. The second-order valence-corrected chi connectivity index (χ2v) is 13.4. The number of carbonyl (C=O) groups is 1. The number of likely N-dealkylation sites (tertiary alicyclic amines) is 1. The van der Waals surface area contributed by atoms with Crippen LogP contribution in [0, 0.1) is 5.92 Å². The largest absolute Gasteiger partial charge is 0.345 e. The predicted octanol–water partition coefficient (Wildman–Crippen LogP) is 10.1. The molecule has 0 spiro atoms. The predicted molar refractivity (Wildman–Crippen MR) is 182 cm³/mol. The molecule has 41 heavy (non-hydrogen) atoms. The van der Waals surface area contributed by atoms with Crippen molar-refractivity contribution in [3.8, 4) is 0 Å². The van der Waals surface area contributed by atoms with E-state index in [0.717, 1.165) is 25.4 Å². The van der Waals surface area contributed by atoms with Gasteiger partial charge in [0.25, 0.3) is 0 Å². The van der Waals surface area contributed by atoms with Crippen LogP contribution in [0.5, 0.6) is 0 Å². The van der Waals surface area contributed by atoms with Crippen molar-refractivity contribution in [3.05, 3.63) is 0 Å². The summed E-state index contributed by atoms with van der Waals surface area (Å²) in [5.74, 6) is 0.805. The Morgan fingerprint density at radius 2 is 0.829 bits per heavy atom. The van der Waals surface area contributed by atoms with Crippen molar-refractivity contribution in [2.45, 2.75) is 175 Å². The molecular formula is C37H75N3O. The summed E-state index contributed by atoms with van der Waals surface area (Å²) in [5.41, 5.74) is 0. The Hall–Kier alpha value is -0.610. The maximum Gasteiger partial charge on any atom is 0.209 e. The molecule has 0 atom stereocenters. The quantitative estimate of drug-likeness (QED) is 0.0606. The van der Waals surface area contributed by atoms with E-state index in [2.05, 4.69) is 30.6 Å². The molecule has 0 aromatic rings. The number of unbranched alkanes of at least 4 members (excludes halogenated alkanes) is 18. The Bertz CT molecular complexity index is 516. The number of hydrogen-bond acceptors (Lipinski definition) is 3. The molecule has 0 aromatic heterocycles. The minimum atomic E-state index is 0.805. The SMILES string of the molecule is CCCCCCCCCN(CCCCCCCCC)CCN(CCCCCCCCC)CCC1CCN(C=O)CC1. The number of amides is 1. The summed E-state index contributed by atoms with van der Waals surface area (Å²) in [4.78, 5) is 18.8. The summed E-state index contributed by atoms with van der Waals surface area (Å²) in [6.45, 7) is 16.5. The third-order valence-electron chi connectivity index (χ3n) is 9.62. The van der Waals surface area contributed by atoms with Crippen molar-refractivity contribution in [2.75, 3.05) is 52.4 Å². The Morgan fingerprint density at radius 1 is 0.488 bits per heavy atom. The molecule has 0 radical (unpaired) electrons. The van der Waals surface area contributed by atoms with Gasteiger partial charge >= 0.3 is 0 Å². The average molecular weight is 578 g/mol. The van der Waals surface area contributed by atoms with Crippen LogP contribution in [-0.4, -0.2) is 73.5 Å². The second-order valence-electron chi connectivity index (χ2n) is 13.4. The van der Waals surface area contributed by atoms with Crippen molar-refractivity contribution in [3.63, 3.8) is 0 Å². The van der Waals surface area contributed by atoms with Gasteiger partial charge in [-0.1, -0.05) is 136 Å². The van der Waals surface area contributed by atoms with Gasteiger partial charge in [-0.3, -0.25) is 4.79 Å². The first-order chi connectivity index (χ1) is 20.2. The first-order valence-electron chi connectivity index (χ1n) is 18.9. The highest BCUT2D eigenvalue weighted by molar-refractivity contribution is 5.47. The van der Waals surface area contributed by atoms with Crippen LogP contribution < -0.4 is 0 Å².